The molecule has 5 nitrogen and oxygen atoms in total. The summed E-state index contributed by atoms with van der Waals surface area (Å²) in [6.07, 6.45) is 0.652. The van der Waals surface area contributed by atoms with E-state index in [4.69, 9.17) is 16.3 Å². The van der Waals surface area contributed by atoms with Crippen LogP contribution in [-0.2, 0) is 6.42 Å². The molecule has 1 amide bonds. The van der Waals surface area contributed by atoms with Gasteiger partial charge in [-0.15, -0.1) is 0 Å². The van der Waals surface area contributed by atoms with E-state index in [1.165, 1.54) is 7.11 Å². The summed E-state index contributed by atoms with van der Waals surface area (Å²) in [5.74, 6) is 0.0250. The molecule has 0 bridgehead atoms. The third-order valence-corrected chi connectivity index (χ3v) is 2.16. The van der Waals surface area contributed by atoms with Gasteiger partial charge in [0.05, 0.1) is 12.8 Å². The predicted molar refractivity (Wildman–Crippen MR) is 49.6 cm³/mol. The van der Waals surface area contributed by atoms with E-state index in [0.29, 0.717) is 24.2 Å². The van der Waals surface area contributed by atoms with Gasteiger partial charge in [-0.25, -0.2) is 4.98 Å². The molecule has 1 aliphatic rings. The number of carbonyl (C=O) groups excluding carboxylic acids is 1. The quantitative estimate of drug-likeness (QED) is 0.687. The Labute approximate surface area is 85.5 Å². The molecule has 0 spiro atoms. The van der Waals surface area contributed by atoms with Crippen LogP contribution in [0.15, 0.2) is 0 Å². The van der Waals surface area contributed by atoms with Crippen molar-refractivity contribution in [3.05, 3.63) is 16.5 Å². The predicted octanol–water partition coefficient (Wildman–Crippen LogP) is 0.424. The van der Waals surface area contributed by atoms with Gasteiger partial charge in [-0.2, -0.15) is 4.98 Å². The highest BCUT2D eigenvalue weighted by atomic mass is 35.5. The summed E-state index contributed by atoms with van der Waals surface area (Å²) in [4.78, 5) is 19.3. The number of carbonyl (C=O) groups is 1. The van der Waals surface area contributed by atoms with Crippen molar-refractivity contribution in [2.24, 2.45) is 0 Å². The van der Waals surface area contributed by atoms with Crippen LogP contribution in [-0.4, -0.2) is 29.5 Å². The Bertz CT molecular complexity index is 377. The van der Waals surface area contributed by atoms with Crippen LogP contribution in [0.25, 0.3) is 0 Å². The van der Waals surface area contributed by atoms with Gasteiger partial charge >= 0.3 is 0 Å². The lowest BCUT2D eigenvalue weighted by Crippen LogP contribution is -2.33. The molecule has 0 atom stereocenters. The van der Waals surface area contributed by atoms with Gasteiger partial charge < -0.3 is 10.1 Å². The van der Waals surface area contributed by atoms with E-state index in [9.17, 15) is 4.79 Å². The second kappa shape index (κ2) is 3.42. The number of amides is 1. The zero-order valence-corrected chi connectivity index (χ0v) is 8.26. The number of nitrogens with one attached hydrogen (secondary N) is 1. The first-order chi connectivity index (χ1) is 6.72. The SMILES string of the molecule is COc1nc(Cl)nc2c1C(=O)NCC2. The fourth-order valence-corrected chi connectivity index (χ4v) is 1.57. The lowest BCUT2D eigenvalue weighted by Gasteiger charge is -2.16. The van der Waals surface area contributed by atoms with Crippen molar-refractivity contribution in [1.82, 2.24) is 15.3 Å². The maximum absolute atomic E-state index is 11.5. The number of hydrogen-bond acceptors (Lipinski definition) is 4. The van der Waals surface area contributed by atoms with Crippen molar-refractivity contribution in [3.8, 4) is 5.88 Å². The van der Waals surface area contributed by atoms with Crippen molar-refractivity contribution in [1.29, 1.82) is 0 Å². The van der Waals surface area contributed by atoms with Crippen LogP contribution in [0.3, 0.4) is 0 Å². The van der Waals surface area contributed by atoms with Gasteiger partial charge in [0.2, 0.25) is 11.2 Å². The zero-order chi connectivity index (χ0) is 10.1. The maximum Gasteiger partial charge on any atom is 0.258 e. The first-order valence-corrected chi connectivity index (χ1v) is 4.48. The lowest BCUT2D eigenvalue weighted by atomic mass is 10.1. The molecule has 0 aliphatic carbocycles. The number of halogens is 1. The monoisotopic (exact) mass is 213 g/mol. The van der Waals surface area contributed by atoms with Gasteiger partial charge in [0.1, 0.15) is 5.56 Å². The van der Waals surface area contributed by atoms with Crippen LogP contribution in [0.1, 0.15) is 16.1 Å². The zero-order valence-electron chi connectivity index (χ0n) is 7.50. The molecule has 1 N–H and O–H groups in total. The molecule has 74 valence electrons. The van der Waals surface area contributed by atoms with Crippen molar-refractivity contribution in [2.45, 2.75) is 6.42 Å². The van der Waals surface area contributed by atoms with Crippen molar-refractivity contribution in [3.63, 3.8) is 0 Å². The van der Waals surface area contributed by atoms with Crippen LogP contribution in [0.5, 0.6) is 5.88 Å². The Hall–Kier alpha value is -1.36. The average molecular weight is 214 g/mol. The molecular formula is C8H8ClN3O2. The van der Waals surface area contributed by atoms with Crippen molar-refractivity contribution < 1.29 is 9.53 Å². The minimum Gasteiger partial charge on any atom is -0.480 e. The van der Waals surface area contributed by atoms with Gasteiger partial charge in [0.15, 0.2) is 0 Å². The van der Waals surface area contributed by atoms with E-state index in [2.05, 4.69) is 15.3 Å². The topological polar surface area (TPSA) is 64.1 Å². The lowest BCUT2D eigenvalue weighted by molar-refractivity contribution is 0.0940. The molecule has 1 aromatic rings. The van der Waals surface area contributed by atoms with E-state index < -0.39 is 0 Å². The molecule has 14 heavy (non-hydrogen) atoms. The molecule has 0 radical (unpaired) electrons. The number of fused-ring (bicyclic) bond motifs is 1. The molecule has 6 heteroatoms. The number of rotatable bonds is 1. The van der Waals surface area contributed by atoms with Gasteiger partial charge in [0, 0.05) is 13.0 Å². The number of ether oxygens (including phenoxy) is 1. The largest absolute Gasteiger partial charge is 0.480 e. The summed E-state index contributed by atoms with van der Waals surface area (Å²) in [5.41, 5.74) is 1.04. The molecular weight excluding hydrogens is 206 g/mol. The average Bonchev–Trinajstić information content (AvgIpc) is 2.16. The molecule has 2 rings (SSSR count). The van der Waals surface area contributed by atoms with Crippen LogP contribution in [0.2, 0.25) is 5.28 Å². The first kappa shape index (κ1) is 9.21. The fraction of sp³-hybridized carbons (Fsp3) is 0.375. The highest BCUT2D eigenvalue weighted by molar-refractivity contribution is 6.28. The van der Waals surface area contributed by atoms with Gasteiger partial charge in [0.25, 0.3) is 5.91 Å². The Morgan fingerprint density at radius 2 is 2.29 bits per heavy atom. The summed E-state index contributed by atoms with van der Waals surface area (Å²) in [6, 6.07) is 0. The Morgan fingerprint density at radius 1 is 1.50 bits per heavy atom. The third-order valence-electron chi connectivity index (χ3n) is 1.99. The Balaban J connectivity index is 2.61. The van der Waals surface area contributed by atoms with Crippen molar-refractivity contribution in [2.75, 3.05) is 13.7 Å². The maximum atomic E-state index is 11.5. The molecule has 0 fully saturated rings. The van der Waals surface area contributed by atoms with E-state index in [-0.39, 0.29) is 17.1 Å². The molecule has 2 heterocycles. The molecule has 0 saturated carbocycles. The van der Waals surface area contributed by atoms with Crippen LogP contribution in [0.4, 0.5) is 0 Å². The smallest absolute Gasteiger partial charge is 0.258 e. The van der Waals surface area contributed by atoms with Gasteiger partial charge in [-0.05, 0) is 11.6 Å². The van der Waals surface area contributed by atoms with Crippen molar-refractivity contribution >= 4 is 17.5 Å². The van der Waals surface area contributed by atoms with E-state index in [1.807, 2.05) is 0 Å². The summed E-state index contributed by atoms with van der Waals surface area (Å²) in [7, 11) is 1.45. The summed E-state index contributed by atoms with van der Waals surface area (Å²) >= 11 is 5.67. The van der Waals surface area contributed by atoms with E-state index >= 15 is 0 Å². The van der Waals surface area contributed by atoms with Crippen LogP contribution in [0, 0.1) is 0 Å². The van der Waals surface area contributed by atoms with Crippen LogP contribution < -0.4 is 10.1 Å². The summed E-state index contributed by atoms with van der Waals surface area (Å²) in [5, 5.41) is 2.80. The Morgan fingerprint density at radius 3 is 3.00 bits per heavy atom. The Kier molecular flexibility index (Phi) is 2.25. The molecule has 1 aliphatic heterocycles. The molecule has 1 aromatic heterocycles. The number of aromatic nitrogens is 2. The molecule has 0 saturated heterocycles. The van der Waals surface area contributed by atoms with Gasteiger partial charge in [-0.3, -0.25) is 4.79 Å². The summed E-state index contributed by atoms with van der Waals surface area (Å²) in [6.45, 7) is 0.572. The highest BCUT2D eigenvalue weighted by Gasteiger charge is 2.24. The van der Waals surface area contributed by atoms with E-state index in [1.54, 1.807) is 0 Å². The first-order valence-electron chi connectivity index (χ1n) is 4.11. The van der Waals surface area contributed by atoms with Crippen LogP contribution >= 0.6 is 11.6 Å². The van der Waals surface area contributed by atoms with Gasteiger partial charge in [-0.1, -0.05) is 0 Å². The second-order valence-electron chi connectivity index (χ2n) is 2.83. The van der Waals surface area contributed by atoms with E-state index in [0.717, 1.165) is 0 Å². The standard InChI is InChI=1S/C8H8ClN3O2/c1-14-7-5-4(11-8(9)12-7)2-3-10-6(5)13/h2-3H2,1H3,(H,10,13). The third kappa shape index (κ3) is 1.39. The number of methoxy groups -OCH3 is 1. The second-order valence-corrected chi connectivity index (χ2v) is 3.17. The fourth-order valence-electron chi connectivity index (χ4n) is 1.39. The minimum atomic E-state index is -0.209. The highest BCUT2D eigenvalue weighted by Crippen LogP contribution is 2.22. The summed E-state index contributed by atoms with van der Waals surface area (Å²) < 4.78 is 4.97. The normalized spacial score (nSPS) is 14.6. The minimum absolute atomic E-state index is 0.107. The molecule has 0 unspecified atom stereocenters. The molecule has 0 aromatic carbocycles. The number of nitrogens with zero attached hydrogens (tertiary/aromatic N) is 2. The number of hydrogen-bond donors (Lipinski definition) is 1.